The number of amides is 1. The van der Waals surface area contributed by atoms with E-state index in [4.69, 9.17) is 14.2 Å². The van der Waals surface area contributed by atoms with E-state index in [1.165, 1.54) is 32.4 Å². The third-order valence-corrected chi connectivity index (χ3v) is 7.87. The van der Waals surface area contributed by atoms with E-state index in [1.807, 2.05) is 19.1 Å². The van der Waals surface area contributed by atoms with E-state index in [2.05, 4.69) is 10.2 Å². The van der Waals surface area contributed by atoms with Crippen molar-refractivity contribution < 1.29 is 27.4 Å². The minimum Gasteiger partial charge on any atom is -0.493 e. The smallest absolute Gasteiger partial charge is 0.264 e. The molecule has 4 rings (SSSR count). The second-order valence-electron chi connectivity index (χ2n) is 8.56. The molecule has 0 saturated carbocycles. The van der Waals surface area contributed by atoms with E-state index < -0.39 is 22.5 Å². The number of rotatable bonds is 9. The second kappa shape index (κ2) is 11.5. The van der Waals surface area contributed by atoms with Crippen molar-refractivity contribution in [2.24, 2.45) is 0 Å². The van der Waals surface area contributed by atoms with Gasteiger partial charge in [0.2, 0.25) is 5.91 Å². The fourth-order valence-electron chi connectivity index (χ4n) is 4.04. The Bertz CT molecular complexity index is 1320. The summed E-state index contributed by atoms with van der Waals surface area (Å²) in [6, 6.07) is 18.7. The van der Waals surface area contributed by atoms with Gasteiger partial charge >= 0.3 is 0 Å². The molecule has 0 aromatic heterocycles. The summed E-state index contributed by atoms with van der Waals surface area (Å²) in [6.07, 6.45) is 0. The van der Waals surface area contributed by atoms with Crippen molar-refractivity contribution in [1.82, 2.24) is 0 Å². The van der Waals surface area contributed by atoms with Crippen molar-refractivity contribution in [3.8, 4) is 11.5 Å². The molecule has 9 nitrogen and oxygen atoms in total. The predicted molar refractivity (Wildman–Crippen MR) is 143 cm³/mol. The van der Waals surface area contributed by atoms with Crippen LogP contribution in [-0.4, -0.2) is 61.4 Å². The van der Waals surface area contributed by atoms with Gasteiger partial charge in [-0.05, 0) is 55.5 Å². The zero-order chi connectivity index (χ0) is 26.4. The lowest BCUT2D eigenvalue weighted by Gasteiger charge is -2.29. The van der Waals surface area contributed by atoms with Gasteiger partial charge in [-0.25, -0.2) is 8.42 Å². The average Bonchev–Trinajstić information content (AvgIpc) is 2.92. The number of hydrogen-bond acceptors (Lipinski definition) is 7. The summed E-state index contributed by atoms with van der Waals surface area (Å²) in [4.78, 5) is 15.4. The van der Waals surface area contributed by atoms with E-state index in [0.717, 1.165) is 28.6 Å². The van der Waals surface area contributed by atoms with Gasteiger partial charge < -0.3 is 24.4 Å². The first-order chi connectivity index (χ1) is 17.8. The first-order valence-corrected chi connectivity index (χ1v) is 13.3. The molecule has 3 aromatic rings. The summed E-state index contributed by atoms with van der Waals surface area (Å²) in [7, 11) is -1.10. The highest BCUT2D eigenvalue weighted by atomic mass is 32.2. The average molecular weight is 526 g/mol. The van der Waals surface area contributed by atoms with Crippen LogP contribution in [-0.2, 0) is 19.6 Å². The number of anilines is 3. The number of nitrogens with zero attached hydrogens (tertiary/aromatic N) is 2. The first-order valence-electron chi connectivity index (χ1n) is 11.9. The Kier molecular flexibility index (Phi) is 8.20. The van der Waals surface area contributed by atoms with Gasteiger partial charge in [0.1, 0.15) is 6.54 Å². The first kappa shape index (κ1) is 26.3. The summed E-state index contributed by atoms with van der Waals surface area (Å²) < 4.78 is 44.4. The molecule has 1 aliphatic heterocycles. The number of carbonyl (C=O) groups excluding carboxylic acids is 1. The van der Waals surface area contributed by atoms with Crippen LogP contribution in [0, 0.1) is 6.92 Å². The maximum atomic E-state index is 13.7. The molecule has 0 aliphatic carbocycles. The quantitative estimate of drug-likeness (QED) is 0.455. The number of nitrogens with one attached hydrogen (secondary N) is 1. The van der Waals surface area contributed by atoms with Gasteiger partial charge in [-0.15, -0.1) is 0 Å². The van der Waals surface area contributed by atoms with Crippen molar-refractivity contribution in [3.05, 3.63) is 72.3 Å². The van der Waals surface area contributed by atoms with Crippen LogP contribution >= 0.6 is 0 Å². The molecule has 37 heavy (non-hydrogen) atoms. The Labute approximate surface area is 217 Å². The zero-order valence-electron chi connectivity index (χ0n) is 21.1. The van der Waals surface area contributed by atoms with Crippen molar-refractivity contribution >= 4 is 33.0 Å². The lowest BCUT2D eigenvalue weighted by atomic mass is 10.2. The molecule has 1 aliphatic rings. The SMILES string of the molecule is COc1ccc(N(CC(=O)Nc2ccc(N3CCOCC3)cc2)S(=O)(=O)c2ccc(C)cc2)cc1OC. The number of aryl methyl sites for hydroxylation is 1. The van der Waals surface area contributed by atoms with E-state index >= 15 is 0 Å². The molecular weight excluding hydrogens is 494 g/mol. The normalized spacial score (nSPS) is 13.6. The number of methoxy groups -OCH3 is 2. The Morgan fingerprint density at radius 1 is 0.946 bits per heavy atom. The molecule has 1 fully saturated rings. The molecule has 0 unspecified atom stereocenters. The minimum atomic E-state index is -4.07. The molecule has 1 amide bonds. The summed E-state index contributed by atoms with van der Waals surface area (Å²) in [5.74, 6) is 0.316. The standard InChI is InChI=1S/C27H31N3O6S/c1-20-4-11-24(12-5-20)37(32,33)30(23-10-13-25(34-2)26(18-23)35-3)19-27(31)28-21-6-8-22(9-7-21)29-14-16-36-17-15-29/h4-13,18H,14-17,19H2,1-3H3,(H,28,31). The highest BCUT2D eigenvalue weighted by Crippen LogP contribution is 2.34. The highest BCUT2D eigenvalue weighted by Gasteiger charge is 2.28. The van der Waals surface area contributed by atoms with Gasteiger partial charge in [-0.2, -0.15) is 0 Å². The van der Waals surface area contributed by atoms with Crippen LogP contribution in [0.1, 0.15) is 5.56 Å². The van der Waals surface area contributed by atoms with E-state index in [0.29, 0.717) is 30.4 Å². The number of ether oxygens (including phenoxy) is 3. The third kappa shape index (κ3) is 6.15. The molecule has 3 aromatic carbocycles. The van der Waals surface area contributed by atoms with Gasteiger partial charge in [0, 0.05) is 30.5 Å². The van der Waals surface area contributed by atoms with Gasteiger partial charge in [-0.1, -0.05) is 17.7 Å². The predicted octanol–water partition coefficient (Wildman–Crippen LogP) is 3.68. The van der Waals surface area contributed by atoms with E-state index in [1.54, 1.807) is 36.4 Å². The molecule has 0 radical (unpaired) electrons. The summed E-state index contributed by atoms with van der Waals surface area (Å²) in [5.41, 5.74) is 2.81. The Balaban J connectivity index is 1.59. The fourth-order valence-corrected chi connectivity index (χ4v) is 5.45. The third-order valence-electron chi connectivity index (χ3n) is 6.08. The van der Waals surface area contributed by atoms with Crippen molar-refractivity contribution in [2.45, 2.75) is 11.8 Å². The monoisotopic (exact) mass is 525 g/mol. The van der Waals surface area contributed by atoms with Gasteiger partial charge in [0.25, 0.3) is 10.0 Å². The van der Waals surface area contributed by atoms with Crippen LogP contribution in [0.5, 0.6) is 11.5 Å². The lowest BCUT2D eigenvalue weighted by molar-refractivity contribution is -0.114. The summed E-state index contributed by atoms with van der Waals surface area (Å²) >= 11 is 0. The van der Waals surface area contributed by atoms with Crippen molar-refractivity contribution in [2.75, 3.05) is 61.6 Å². The van der Waals surface area contributed by atoms with Crippen LogP contribution in [0.25, 0.3) is 0 Å². The summed E-state index contributed by atoms with van der Waals surface area (Å²) in [6.45, 7) is 4.42. The maximum absolute atomic E-state index is 13.7. The van der Waals surface area contributed by atoms with Crippen molar-refractivity contribution in [1.29, 1.82) is 0 Å². The second-order valence-corrected chi connectivity index (χ2v) is 10.4. The lowest BCUT2D eigenvalue weighted by Crippen LogP contribution is -2.38. The molecule has 0 spiro atoms. The van der Waals surface area contributed by atoms with Crippen LogP contribution < -0.4 is 24.0 Å². The molecule has 0 bridgehead atoms. The Hall–Kier alpha value is -3.76. The Morgan fingerprint density at radius 2 is 1.59 bits per heavy atom. The fraction of sp³-hybridized carbons (Fsp3) is 0.296. The van der Waals surface area contributed by atoms with Crippen LogP contribution in [0.3, 0.4) is 0 Å². The van der Waals surface area contributed by atoms with Gasteiger partial charge in [0.15, 0.2) is 11.5 Å². The number of morpholine rings is 1. The van der Waals surface area contributed by atoms with Crippen LogP contribution in [0.4, 0.5) is 17.1 Å². The maximum Gasteiger partial charge on any atom is 0.264 e. The minimum absolute atomic E-state index is 0.0792. The largest absolute Gasteiger partial charge is 0.493 e. The zero-order valence-corrected chi connectivity index (χ0v) is 22.0. The number of benzene rings is 3. The number of sulfonamides is 1. The molecule has 1 heterocycles. The topological polar surface area (TPSA) is 97.4 Å². The van der Waals surface area contributed by atoms with Crippen molar-refractivity contribution in [3.63, 3.8) is 0 Å². The number of hydrogen-bond donors (Lipinski definition) is 1. The van der Waals surface area contributed by atoms with Crippen LogP contribution in [0.2, 0.25) is 0 Å². The van der Waals surface area contributed by atoms with Crippen LogP contribution in [0.15, 0.2) is 71.6 Å². The molecule has 10 heteroatoms. The highest BCUT2D eigenvalue weighted by molar-refractivity contribution is 7.92. The van der Waals surface area contributed by atoms with E-state index in [9.17, 15) is 13.2 Å². The molecular formula is C27H31N3O6S. The molecule has 1 N–H and O–H groups in total. The Morgan fingerprint density at radius 3 is 2.22 bits per heavy atom. The van der Waals surface area contributed by atoms with E-state index in [-0.39, 0.29) is 10.6 Å². The molecule has 0 atom stereocenters. The molecule has 1 saturated heterocycles. The number of carbonyl (C=O) groups is 1. The molecule has 196 valence electrons. The van der Waals surface area contributed by atoms with Gasteiger partial charge in [-0.3, -0.25) is 9.10 Å². The summed E-state index contributed by atoms with van der Waals surface area (Å²) in [5, 5.41) is 2.81. The van der Waals surface area contributed by atoms with Gasteiger partial charge in [0.05, 0.1) is 38.0 Å².